The molecule has 7 nitrogen and oxygen atoms in total. The Balaban J connectivity index is 1.78. The zero-order chi connectivity index (χ0) is 20.8. The van der Waals surface area contributed by atoms with Crippen LogP contribution in [0.4, 0.5) is 5.69 Å². The van der Waals surface area contributed by atoms with Crippen LogP contribution in [0, 0.1) is 0 Å². The maximum atomic E-state index is 12.4. The maximum absolute atomic E-state index is 12.4. The van der Waals surface area contributed by atoms with Gasteiger partial charge >= 0.3 is 11.9 Å². The summed E-state index contributed by atoms with van der Waals surface area (Å²) in [5.41, 5.74) is 0.426. The monoisotopic (exact) mass is 393 g/mol. The zero-order valence-corrected chi connectivity index (χ0v) is 15.9. The van der Waals surface area contributed by atoms with Crippen molar-refractivity contribution in [1.29, 1.82) is 0 Å². The van der Waals surface area contributed by atoms with Crippen molar-refractivity contribution in [3.05, 3.63) is 71.8 Å². The van der Waals surface area contributed by atoms with Crippen molar-refractivity contribution in [3.63, 3.8) is 0 Å². The zero-order valence-electron chi connectivity index (χ0n) is 15.9. The number of esters is 2. The molecule has 0 radical (unpaired) electrons. The molecule has 0 aromatic heterocycles. The molecule has 3 aromatic carbocycles. The molecule has 0 aliphatic heterocycles. The number of benzene rings is 3. The molecule has 3 rings (SSSR count). The van der Waals surface area contributed by atoms with E-state index in [1.54, 1.807) is 6.07 Å². The van der Waals surface area contributed by atoms with Crippen molar-refractivity contribution in [2.24, 2.45) is 0 Å². The van der Waals surface area contributed by atoms with Crippen molar-refractivity contribution in [1.82, 2.24) is 0 Å². The summed E-state index contributed by atoms with van der Waals surface area (Å²) in [5, 5.41) is 4.46. The van der Waals surface area contributed by atoms with E-state index in [9.17, 15) is 14.4 Å². The second-order valence-corrected chi connectivity index (χ2v) is 6.06. The van der Waals surface area contributed by atoms with Crippen LogP contribution in [0.25, 0.3) is 10.8 Å². The summed E-state index contributed by atoms with van der Waals surface area (Å²) in [5.74, 6) is -1.17. The summed E-state index contributed by atoms with van der Waals surface area (Å²) in [6, 6.07) is 17.4. The number of hydrogen-bond acceptors (Lipinski definition) is 6. The lowest BCUT2D eigenvalue weighted by molar-refractivity contribution is -0.118. The normalized spacial score (nSPS) is 10.3. The smallest absolute Gasteiger partial charge is 0.339 e. The minimum absolute atomic E-state index is 0.110. The van der Waals surface area contributed by atoms with Crippen LogP contribution in [0.15, 0.2) is 60.7 Å². The maximum Gasteiger partial charge on any atom is 0.339 e. The fourth-order valence-electron chi connectivity index (χ4n) is 2.83. The molecule has 1 amide bonds. The van der Waals surface area contributed by atoms with Gasteiger partial charge in [0.1, 0.15) is 5.75 Å². The van der Waals surface area contributed by atoms with Crippen LogP contribution in [-0.4, -0.2) is 38.7 Å². The average molecular weight is 393 g/mol. The van der Waals surface area contributed by atoms with E-state index >= 15 is 0 Å². The number of hydrogen-bond donors (Lipinski definition) is 1. The standard InChI is InChI=1S/C22H19NO6/c1-27-21(25)15-10-11-17(22(26)28-2)18(12-15)23-20(24)13-29-19-9-5-7-14-6-3-4-8-16(14)19/h3-12H,13H2,1-2H3,(H,23,24). The molecular weight excluding hydrogens is 374 g/mol. The number of amides is 1. The van der Waals surface area contributed by atoms with Crippen LogP contribution in [0.5, 0.6) is 5.75 Å². The van der Waals surface area contributed by atoms with E-state index in [-0.39, 0.29) is 23.4 Å². The van der Waals surface area contributed by atoms with E-state index in [1.807, 2.05) is 36.4 Å². The Morgan fingerprint density at radius 3 is 2.34 bits per heavy atom. The van der Waals surface area contributed by atoms with Gasteiger partial charge < -0.3 is 19.5 Å². The number of carbonyl (C=O) groups is 3. The van der Waals surface area contributed by atoms with Crippen LogP contribution in [0.2, 0.25) is 0 Å². The molecule has 0 saturated heterocycles. The Bertz CT molecular complexity index is 1070. The van der Waals surface area contributed by atoms with E-state index in [2.05, 4.69) is 10.1 Å². The third-order valence-corrected chi connectivity index (χ3v) is 4.23. The van der Waals surface area contributed by atoms with Crippen LogP contribution < -0.4 is 10.1 Å². The van der Waals surface area contributed by atoms with E-state index in [1.165, 1.54) is 32.4 Å². The number of anilines is 1. The summed E-state index contributed by atoms with van der Waals surface area (Å²) in [6.07, 6.45) is 0. The van der Waals surface area contributed by atoms with Gasteiger partial charge in [0.25, 0.3) is 5.91 Å². The number of methoxy groups -OCH3 is 2. The predicted octanol–water partition coefficient (Wildman–Crippen LogP) is 3.43. The van der Waals surface area contributed by atoms with Crippen molar-refractivity contribution in [2.75, 3.05) is 26.1 Å². The van der Waals surface area contributed by atoms with Gasteiger partial charge in [-0.25, -0.2) is 9.59 Å². The van der Waals surface area contributed by atoms with Crippen molar-refractivity contribution in [3.8, 4) is 5.75 Å². The second kappa shape index (κ2) is 8.88. The molecule has 29 heavy (non-hydrogen) atoms. The van der Waals surface area contributed by atoms with E-state index in [0.29, 0.717) is 5.75 Å². The number of rotatable bonds is 6. The van der Waals surface area contributed by atoms with Gasteiger partial charge in [-0.2, -0.15) is 0 Å². The minimum atomic E-state index is -0.647. The fourth-order valence-corrected chi connectivity index (χ4v) is 2.83. The van der Waals surface area contributed by atoms with Gasteiger partial charge in [-0.05, 0) is 29.7 Å². The van der Waals surface area contributed by atoms with E-state index in [0.717, 1.165) is 10.8 Å². The molecule has 0 heterocycles. The van der Waals surface area contributed by atoms with E-state index in [4.69, 9.17) is 9.47 Å². The highest BCUT2D eigenvalue weighted by Gasteiger charge is 2.17. The molecule has 3 aromatic rings. The Kier molecular flexibility index (Phi) is 6.09. The molecule has 0 aliphatic carbocycles. The Hall–Kier alpha value is -3.87. The number of carbonyl (C=O) groups excluding carboxylic acids is 3. The number of fused-ring (bicyclic) bond motifs is 1. The first-order valence-corrected chi connectivity index (χ1v) is 8.74. The molecule has 0 saturated carbocycles. The lowest BCUT2D eigenvalue weighted by Gasteiger charge is -2.13. The first-order chi connectivity index (χ1) is 14.0. The Morgan fingerprint density at radius 1 is 0.862 bits per heavy atom. The molecule has 0 spiro atoms. The molecule has 7 heteroatoms. The lowest BCUT2D eigenvalue weighted by Crippen LogP contribution is -2.22. The largest absolute Gasteiger partial charge is 0.483 e. The average Bonchev–Trinajstić information content (AvgIpc) is 2.76. The van der Waals surface area contributed by atoms with Crippen molar-refractivity contribution < 1.29 is 28.6 Å². The summed E-state index contributed by atoms with van der Waals surface area (Å²) in [6.45, 7) is -0.281. The summed E-state index contributed by atoms with van der Waals surface area (Å²) >= 11 is 0. The first kappa shape index (κ1) is 19.9. The molecule has 0 bridgehead atoms. The number of ether oxygens (including phenoxy) is 3. The molecular formula is C22H19NO6. The molecule has 0 atom stereocenters. The van der Waals surface area contributed by atoms with Gasteiger partial charge in [-0.3, -0.25) is 4.79 Å². The van der Waals surface area contributed by atoms with E-state index < -0.39 is 17.8 Å². The third-order valence-electron chi connectivity index (χ3n) is 4.23. The number of nitrogens with one attached hydrogen (secondary N) is 1. The van der Waals surface area contributed by atoms with Gasteiger partial charge in [0.15, 0.2) is 6.61 Å². The van der Waals surface area contributed by atoms with Gasteiger partial charge in [-0.15, -0.1) is 0 Å². The summed E-state index contributed by atoms with van der Waals surface area (Å²) in [7, 11) is 2.47. The molecule has 1 N–H and O–H groups in total. The van der Waals surface area contributed by atoms with Crippen LogP contribution in [-0.2, 0) is 14.3 Å². The molecule has 0 fully saturated rings. The second-order valence-electron chi connectivity index (χ2n) is 6.06. The molecule has 0 unspecified atom stereocenters. The highest BCUT2D eigenvalue weighted by molar-refractivity contribution is 6.03. The van der Waals surface area contributed by atoms with Gasteiger partial charge in [0.2, 0.25) is 0 Å². The summed E-state index contributed by atoms with van der Waals surface area (Å²) in [4.78, 5) is 36.2. The van der Waals surface area contributed by atoms with Gasteiger partial charge in [-0.1, -0.05) is 36.4 Å². The first-order valence-electron chi connectivity index (χ1n) is 8.74. The highest BCUT2D eigenvalue weighted by Crippen LogP contribution is 2.25. The minimum Gasteiger partial charge on any atom is -0.483 e. The van der Waals surface area contributed by atoms with Gasteiger partial charge in [0.05, 0.1) is 31.0 Å². The quantitative estimate of drug-likeness (QED) is 0.645. The molecule has 148 valence electrons. The third kappa shape index (κ3) is 4.52. The fraction of sp³-hybridized carbons (Fsp3) is 0.136. The van der Waals surface area contributed by atoms with Crippen LogP contribution in [0.1, 0.15) is 20.7 Å². The molecule has 0 aliphatic rings. The Morgan fingerprint density at radius 2 is 1.59 bits per heavy atom. The van der Waals surface area contributed by atoms with Crippen molar-refractivity contribution in [2.45, 2.75) is 0 Å². The highest BCUT2D eigenvalue weighted by atomic mass is 16.5. The topological polar surface area (TPSA) is 90.9 Å². The predicted molar refractivity (Wildman–Crippen MR) is 107 cm³/mol. The van der Waals surface area contributed by atoms with Crippen LogP contribution in [0.3, 0.4) is 0 Å². The van der Waals surface area contributed by atoms with Gasteiger partial charge in [0, 0.05) is 5.39 Å². The summed E-state index contributed by atoms with van der Waals surface area (Å²) < 4.78 is 15.1. The van der Waals surface area contributed by atoms with Crippen LogP contribution >= 0.6 is 0 Å². The van der Waals surface area contributed by atoms with Crippen molar-refractivity contribution >= 4 is 34.3 Å². The SMILES string of the molecule is COC(=O)c1ccc(C(=O)OC)c(NC(=O)COc2cccc3ccccc23)c1. The lowest BCUT2D eigenvalue weighted by atomic mass is 10.1. The Labute approximate surface area is 167 Å².